The van der Waals surface area contributed by atoms with Crippen LogP contribution in [0.1, 0.15) is 54.7 Å². The Hall–Kier alpha value is -2.73. The minimum atomic E-state index is -3.73. The van der Waals surface area contributed by atoms with E-state index in [0.29, 0.717) is 24.6 Å². The number of rotatable bonds is 7. The fourth-order valence-electron chi connectivity index (χ4n) is 4.81. The van der Waals surface area contributed by atoms with E-state index in [1.54, 1.807) is 17.0 Å². The lowest BCUT2D eigenvalue weighted by molar-refractivity contribution is -0.131. The van der Waals surface area contributed by atoms with Crippen molar-refractivity contribution >= 4 is 15.9 Å². The van der Waals surface area contributed by atoms with Crippen molar-refractivity contribution in [3.8, 4) is 6.07 Å². The summed E-state index contributed by atoms with van der Waals surface area (Å²) in [6, 6.07) is 16.8. The average Bonchev–Trinajstić information content (AvgIpc) is 2.89. The van der Waals surface area contributed by atoms with E-state index in [1.165, 1.54) is 37.7 Å². The van der Waals surface area contributed by atoms with Gasteiger partial charge in [0, 0.05) is 32.7 Å². The summed E-state index contributed by atoms with van der Waals surface area (Å²) in [5.74, 6) is 0.316. The van der Waals surface area contributed by atoms with E-state index in [4.69, 9.17) is 5.26 Å². The molecule has 1 N–H and O–H groups in total. The molecule has 2 aliphatic rings. The fourth-order valence-corrected chi connectivity index (χ4v) is 5.78. The van der Waals surface area contributed by atoms with Crippen molar-refractivity contribution in [2.75, 3.05) is 32.7 Å². The molecule has 2 aromatic carbocycles. The second-order valence-electron chi connectivity index (χ2n) is 9.19. The molecule has 0 radical (unpaired) electrons. The molecule has 2 fully saturated rings. The molecule has 0 unspecified atom stereocenters. The zero-order chi connectivity index (χ0) is 24.0. The molecule has 1 aliphatic heterocycles. The Labute approximate surface area is 202 Å². The molecule has 1 saturated heterocycles. The predicted molar refractivity (Wildman–Crippen MR) is 130 cm³/mol. The highest BCUT2D eigenvalue weighted by atomic mass is 32.2. The third kappa shape index (κ3) is 6.23. The number of sulfonamides is 1. The van der Waals surface area contributed by atoms with Crippen molar-refractivity contribution in [3.05, 3.63) is 65.2 Å². The summed E-state index contributed by atoms with van der Waals surface area (Å²) in [4.78, 5) is 16.8. The molecular weight excluding hydrogens is 448 g/mol. The Kier molecular flexibility index (Phi) is 7.99. The summed E-state index contributed by atoms with van der Waals surface area (Å²) in [5, 5.41) is 8.91. The van der Waals surface area contributed by atoms with E-state index in [9.17, 15) is 13.2 Å². The Balaban J connectivity index is 1.24. The van der Waals surface area contributed by atoms with Crippen LogP contribution >= 0.6 is 0 Å². The van der Waals surface area contributed by atoms with Gasteiger partial charge in [0.05, 0.1) is 23.1 Å². The van der Waals surface area contributed by atoms with Gasteiger partial charge in [0.25, 0.3) is 0 Å². The molecule has 0 aromatic heterocycles. The van der Waals surface area contributed by atoms with Crippen molar-refractivity contribution in [2.45, 2.75) is 49.5 Å². The fraction of sp³-hybridized carbons (Fsp3) is 0.462. The second kappa shape index (κ2) is 11.1. The molecule has 2 aromatic rings. The first kappa shape index (κ1) is 24.4. The molecule has 1 amide bonds. The van der Waals surface area contributed by atoms with Crippen molar-refractivity contribution in [3.63, 3.8) is 0 Å². The van der Waals surface area contributed by atoms with Gasteiger partial charge >= 0.3 is 0 Å². The average molecular weight is 481 g/mol. The molecule has 180 valence electrons. The lowest BCUT2D eigenvalue weighted by Crippen LogP contribution is -2.50. The van der Waals surface area contributed by atoms with Gasteiger partial charge in [-0.2, -0.15) is 5.26 Å². The number of hydrogen-bond donors (Lipinski definition) is 1. The van der Waals surface area contributed by atoms with Crippen molar-refractivity contribution in [1.29, 1.82) is 5.26 Å². The van der Waals surface area contributed by atoms with Crippen LogP contribution in [0.15, 0.2) is 53.4 Å². The van der Waals surface area contributed by atoms with Crippen LogP contribution in [-0.4, -0.2) is 56.8 Å². The molecule has 7 nitrogen and oxygen atoms in total. The lowest BCUT2D eigenvalue weighted by Gasteiger charge is -2.34. The molecule has 34 heavy (non-hydrogen) atoms. The molecule has 8 heteroatoms. The van der Waals surface area contributed by atoms with Crippen molar-refractivity contribution in [2.24, 2.45) is 0 Å². The van der Waals surface area contributed by atoms with E-state index >= 15 is 0 Å². The van der Waals surface area contributed by atoms with E-state index in [0.717, 1.165) is 25.2 Å². The van der Waals surface area contributed by atoms with Crippen LogP contribution in [0, 0.1) is 11.3 Å². The van der Waals surface area contributed by atoms with Crippen LogP contribution in [0.5, 0.6) is 0 Å². The van der Waals surface area contributed by atoms with Crippen LogP contribution in [0.3, 0.4) is 0 Å². The maximum absolute atomic E-state index is 12.7. The van der Waals surface area contributed by atoms with Gasteiger partial charge in [-0.05, 0) is 54.2 Å². The number of carbonyl (C=O) groups excluding carboxylic acids is 1. The van der Waals surface area contributed by atoms with Gasteiger partial charge in [0.15, 0.2) is 0 Å². The van der Waals surface area contributed by atoms with E-state index in [2.05, 4.69) is 15.7 Å². The quantitative estimate of drug-likeness (QED) is 0.657. The Morgan fingerprint density at radius 3 is 2.21 bits per heavy atom. The third-order valence-electron chi connectivity index (χ3n) is 6.89. The molecule has 0 bridgehead atoms. The first-order chi connectivity index (χ1) is 16.4. The Morgan fingerprint density at radius 2 is 1.59 bits per heavy atom. The number of carbonyl (C=O) groups is 1. The highest BCUT2D eigenvalue weighted by Crippen LogP contribution is 2.32. The van der Waals surface area contributed by atoms with Gasteiger partial charge < -0.3 is 4.90 Å². The largest absolute Gasteiger partial charge is 0.339 e. The summed E-state index contributed by atoms with van der Waals surface area (Å²) in [6.07, 6.45) is 6.09. The third-order valence-corrected chi connectivity index (χ3v) is 8.31. The minimum absolute atomic E-state index is 0.201. The monoisotopic (exact) mass is 480 g/mol. The molecule has 0 atom stereocenters. The maximum Gasteiger partial charge on any atom is 0.241 e. The van der Waals surface area contributed by atoms with Gasteiger partial charge in [-0.15, -0.1) is 0 Å². The topological polar surface area (TPSA) is 93.5 Å². The minimum Gasteiger partial charge on any atom is -0.339 e. The van der Waals surface area contributed by atoms with Gasteiger partial charge in [0.1, 0.15) is 0 Å². The maximum atomic E-state index is 12.7. The highest BCUT2D eigenvalue weighted by Gasteiger charge is 2.23. The summed E-state index contributed by atoms with van der Waals surface area (Å²) in [5.41, 5.74) is 2.97. The van der Waals surface area contributed by atoms with E-state index in [-0.39, 0.29) is 17.3 Å². The van der Waals surface area contributed by atoms with Crippen LogP contribution in [0.25, 0.3) is 0 Å². The molecular formula is C26H32N4O3S. The van der Waals surface area contributed by atoms with Crippen molar-refractivity contribution < 1.29 is 13.2 Å². The van der Waals surface area contributed by atoms with Gasteiger partial charge in [0.2, 0.25) is 15.9 Å². The van der Waals surface area contributed by atoms with Crippen LogP contribution in [0.4, 0.5) is 0 Å². The SMILES string of the molecule is N#Cc1ccc(CN2CCN(C(=O)CNS(=O)(=O)c3ccc(C4CCCCC4)cc3)CC2)cc1. The number of nitriles is 1. The van der Waals surface area contributed by atoms with Crippen LogP contribution in [-0.2, 0) is 21.4 Å². The van der Waals surface area contributed by atoms with Gasteiger partial charge in [-0.3, -0.25) is 9.69 Å². The first-order valence-corrected chi connectivity index (χ1v) is 13.5. The smallest absolute Gasteiger partial charge is 0.241 e. The van der Waals surface area contributed by atoms with Crippen LogP contribution in [0.2, 0.25) is 0 Å². The molecule has 1 aliphatic carbocycles. The zero-order valence-corrected chi connectivity index (χ0v) is 20.3. The Bertz CT molecular complexity index is 1110. The summed E-state index contributed by atoms with van der Waals surface area (Å²) in [7, 11) is -3.73. The molecule has 1 saturated carbocycles. The number of amides is 1. The molecule has 4 rings (SSSR count). The number of piperazine rings is 1. The highest BCUT2D eigenvalue weighted by molar-refractivity contribution is 7.89. The number of nitrogens with one attached hydrogen (secondary N) is 1. The lowest BCUT2D eigenvalue weighted by atomic mass is 9.84. The predicted octanol–water partition coefficient (Wildman–Crippen LogP) is 3.23. The zero-order valence-electron chi connectivity index (χ0n) is 19.4. The second-order valence-corrected chi connectivity index (χ2v) is 11.0. The Morgan fingerprint density at radius 1 is 0.941 bits per heavy atom. The van der Waals surface area contributed by atoms with Crippen LogP contribution < -0.4 is 4.72 Å². The number of nitrogens with zero attached hydrogens (tertiary/aromatic N) is 3. The summed E-state index contributed by atoms with van der Waals surface area (Å²) < 4.78 is 27.9. The molecule has 0 spiro atoms. The summed E-state index contributed by atoms with van der Waals surface area (Å²) >= 11 is 0. The molecule has 1 heterocycles. The standard InChI is InChI=1S/C26H32N4O3S/c27-18-21-6-8-22(9-7-21)20-29-14-16-30(17-15-29)26(31)19-28-34(32,33)25-12-10-24(11-13-25)23-4-2-1-3-5-23/h6-13,23,28H,1-5,14-17,19-20H2. The number of hydrogen-bond acceptors (Lipinski definition) is 5. The van der Waals surface area contributed by atoms with E-state index < -0.39 is 10.0 Å². The van der Waals surface area contributed by atoms with E-state index in [1.807, 2.05) is 36.4 Å². The normalized spacial score (nSPS) is 17.9. The summed E-state index contributed by atoms with van der Waals surface area (Å²) in [6.45, 7) is 3.10. The van der Waals surface area contributed by atoms with Gasteiger partial charge in [-0.1, -0.05) is 43.5 Å². The first-order valence-electron chi connectivity index (χ1n) is 12.0. The van der Waals surface area contributed by atoms with Gasteiger partial charge in [-0.25, -0.2) is 13.1 Å². The number of benzene rings is 2. The van der Waals surface area contributed by atoms with Crippen molar-refractivity contribution in [1.82, 2.24) is 14.5 Å².